The molecule has 1 N–H and O–H groups in total. The van der Waals surface area contributed by atoms with Gasteiger partial charge in [-0.25, -0.2) is 14.4 Å². The number of benzene rings is 2. The first-order chi connectivity index (χ1) is 14.5. The summed E-state index contributed by atoms with van der Waals surface area (Å²) >= 11 is 0. The van der Waals surface area contributed by atoms with Crippen LogP contribution in [-0.4, -0.2) is 21.0 Å². The Morgan fingerprint density at radius 3 is 2.73 bits per heavy atom. The number of hydrogen-bond donors (Lipinski definition) is 1. The van der Waals surface area contributed by atoms with E-state index in [-0.39, 0.29) is 24.0 Å². The standard InChI is InChI=1S/C23H19FN4O2/c1-14-4-3-5-16(10-14)12-20(29)27-23-21(19-8-9-25-13-26-19)22(28-30-23)17-6-7-18(24)15(2)11-17/h3-11,13H,12H2,1-2H3,(H,27,29). The quantitative estimate of drug-likeness (QED) is 0.522. The average molecular weight is 402 g/mol. The van der Waals surface area contributed by atoms with Crippen molar-refractivity contribution in [3.05, 3.63) is 83.6 Å². The fourth-order valence-electron chi connectivity index (χ4n) is 3.22. The lowest BCUT2D eigenvalue weighted by Gasteiger charge is -2.07. The first-order valence-corrected chi connectivity index (χ1v) is 9.39. The third kappa shape index (κ3) is 4.10. The van der Waals surface area contributed by atoms with Crippen molar-refractivity contribution >= 4 is 11.8 Å². The van der Waals surface area contributed by atoms with E-state index in [9.17, 15) is 9.18 Å². The van der Waals surface area contributed by atoms with Crippen molar-refractivity contribution < 1.29 is 13.7 Å². The van der Waals surface area contributed by atoms with E-state index in [1.807, 2.05) is 31.2 Å². The molecule has 2 heterocycles. The molecule has 0 atom stereocenters. The third-order valence-corrected chi connectivity index (χ3v) is 4.66. The van der Waals surface area contributed by atoms with E-state index in [1.165, 1.54) is 12.4 Å². The minimum atomic E-state index is -0.308. The molecule has 0 radical (unpaired) electrons. The van der Waals surface area contributed by atoms with E-state index >= 15 is 0 Å². The summed E-state index contributed by atoms with van der Waals surface area (Å²) in [6, 6.07) is 14.1. The van der Waals surface area contributed by atoms with Gasteiger partial charge in [0.15, 0.2) is 0 Å². The summed E-state index contributed by atoms with van der Waals surface area (Å²) in [4.78, 5) is 20.9. The lowest BCUT2D eigenvalue weighted by Crippen LogP contribution is -2.14. The van der Waals surface area contributed by atoms with Crippen LogP contribution in [0, 0.1) is 19.7 Å². The number of hydrogen-bond acceptors (Lipinski definition) is 5. The summed E-state index contributed by atoms with van der Waals surface area (Å²) in [6.45, 7) is 3.65. The van der Waals surface area contributed by atoms with Crippen LogP contribution in [-0.2, 0) is 11.2 Å². The molecular weight excluding hydrogens is 383 g/mol. The van der Waals surface area contributed by atoms with Crippen LogP contribution in [0.2, 0.25) is 0 Å². The highest BCUT2D eigenvalue weighted by molar-refractivity contribution is 5.97. The highest BCUT2D eigenvalue weighted by atomic mass is 19.1. The number of nitrogens with zero attached hydrogens (tertiary/aromatic N) is 3. The van der Waals surface area contributed by atoms with Crippen LogP contribution < -0.4 is 5.32 Å². The van der Waals surface area contributed by atoms with E-state index in [0.29, 0.717) is 28.1 Å². The Morgan fingerprint density at radius 1 is 1.13 bits per heavy atom. The molecule has 4 rings (SSSR count). The molecule has 30 heavy (non-hydrogen) atoms. The summed E-state index contributed by atoms with van der Waals surface area (Å²) in [6.07, 6.45) is 3.18. The zero-order valence-electron chi connectivity index (χ0n) is 16.5. The van der Waals surface area contributed by atoms with Gasteiger partial charge in [-0.2, -0.15) is 0 Å². The first-order valence-electron chi connectivity index (χ1n) is 9.39. The molecule has 7 heteroatoms. The minimum Gasteiger partial charge on any atom is -0.337 e. The van der Waals surface area contributed by atoms with Crippen LogP contribution in [0.1, 0.15) is 16.7 Å². The van der Waals surface area contributed by atoms with Crippen molar-refractivity contribution in [3.8, 4) is 22.5 Å². The zero-order valence-corrected chi connectivity index (χ0v) is 16.5. The van der Waals surface area contributed by atoms with E-state index in [2.05, 4.69) is 20.4 Å². The monoisotopic (exact) mass is 402 g/mol. The van der Waals surface area contributed by atoms with Crippen LogP contribution in [0.25, 0.3) is 22.5 Å². The maximum Gasteiger partial charge on any atom is 0.241 e. The van der Waals surface area contributed by atoms with Crippen LogP contribution in [0.5, 0.6) is 0 Å². The van der Waals surface area contributed by atoms with Crippen molar-refractivity contribution in [2.75, 3.05) is 5.32 Å². The lowest BCUT2D eigenvalue weighted by atomic mass is 10.0. The number of rotatable bonds is 5. The topological polar surface area (TPSA) is 80.9 Å². The molecule has 0 aliphatic rings. The summed E-state index contributed by atoms with van der Waals surface area (Å²) < 4.78 is 19.2. The van der Waals surface area contributed by atoms with Gasteiger partial charge in [0.1, 0.15) is 17.8 Å². The van der Waals surface area contributed by atoms with Crippen LogP contribution in [0.15, 0.2) is 65.6 Å². The van der Waals surface area contributed by atoms with Gasteiger partial charge >= 0.3 is 0 Å². The number of amides is 1. The summed E-state index contributed by atoms with van der Waals surface area (Å²) in [5.74, 6) is -0.366. The van der Waals surface area contributed by atoms with Crippen molar-refractivity contribution in [2.45, 2.75) is 20.3 Å². The fourth-order valence-corrected chi connectivity index (χ4v) is 3.22. The Bertz CT molecular complexity index is 1210. The minimum absolute atomic E-state index is 0.184. The number of aromatic nitrogens is 3. The maximum absolute atomic E-state index is 13.7. The van der Waals surface area contributed by atoms with Crippen molar-refractivity contribution in [2.24, 2.45) is 0 Å². The van der Waals surface area contributed by atoms with Crippen molar-refractivity contribution in [1.29, 1.82) is 0 Å². The molecule has 0 saturated carbocycles. The van der Waals surface area contributed by atoms with Gasteiger partial charge in [0.05, 0.1) is 17.7 Å². The van der Waals surface area contributed by atoms with Crippen molar-refractivity contribution in [1.82, 2.24) is 15.1 Å². The number of anilines is 1. The van der Waals surface area contributed by atoms with Gasteiger partial charge in [0.2, 0.25) is 11.8 Å². The maximum atomic E-state index is 13.7. The predicted molar refractivity (Wildman–Crippen MR) is 111 cm³/mol. The molecule has 2 aromatic carbocycles. The lowest BCUT2D eigenvalue weighted by molar-refractivity contribution is -0.115. The molecule has 0 saturated heterocycles. The molecule has 0 unspecified atom stereocenters. The summed E-state index contributed by atoms with van der Waals surface area (Å²) in [5.41, 5.74) is 4.62. The number of aryl methyl sites for hydroxylation is 2. The number of halogens is 1. The Hall–Kier alpha value is -3.87. The molecule has 150 valence electrons. The number of carbonyl (C=O) groups excluding carboxylic acids is 1. The zero-order chi connectivity index (χ0) is 21.1. The van der Waals surface area contributed by atoms with Gasteiger partial charge in [0.25, 0.3) is 0 Å². The van der Waals surface area contributed by atoms with E-state index in [0.717, 1.165) is 11.1 Å². The SMILES string of the molecule is Cc1cccc(CC(=O)Nc2onc(-c3ccc(F)c(C)c3)c2-c2ccncn2)c1. The van der Waals surface area contributed by atoms with Gasteiger partial charge in [-0.05, 0) is 49.2 Å². The normalized spacial score (nSPS) is 10.8. The molecular formula is C23H19FN4O2. The second-order valence-corrected chi connectivity index (χ2v) is 7.01. The molecule has 2 aromatic heterocycles. The van der Waals surface area contributed by atoms with Gasteiger partial charge in [-0.1, -0.05) is 35.0 Å². The van der Waals surface area contributed by atoms with Gasteiger partial charge in [-0.15, -0.1) is 0 Å². The molecule has 0 aliphatic carbocycles. The number of carbonyl (C=O) groups is 1. The summed E-state index contributed by atoms with van der Waals surface area (Å²) in [7, 11) is 0. The molecule has 0 fully saturated rings. The fraction of sp³-hybridized carbons (Fsp3) is 0.130. The molecule has 0 spiro atoms. The number of nitrogens with one attached hydrogen (secondary N) is 1. The molecule has 1 amide bonds. The van der Waals surface area contributed by atoms with E-state index in [1.54, 1.807) is 31.3 Å². The molecule has 4 aromatic rings. The molecule has 0 bridgehead atoms. The third-order valence-electron chi connectivity index (χ3n) is 4.66. The Labute approximate surface area is 172 Å². The molecule has 6 nitrogen and oxygen atoms in total. The second kappa shape index (κ2) is 8.24. The van der Waals surface area contributed by atoms with E-state index in [4.69, 9.17) is 4.52 Å². The highest BCUT2D eigenvalue weighted by Crippen LogP contribution is 2.37. The Morgan fingerprint density at radius 2 is 2.00 bits per heavy atom. The second-order valence-electron chi connectivity index (χ2n) is 7.01. The van der Waals surface area contributed by atoms with Gasteiger partial charge in [0, 0.05) is 11.8 Å². The molecule has 0 aliphatic heterocycles. The predicted octanol–water partition coefficient (Wildman–Crippen LogP) is 4.74. The van der Waals surface area contributed by atoms with Crippen molar-refractivity contribution in [3.63, 3.8) is 0 Å². The average Bonchev–Trinajstić information content (AvgIpc) is 3.14. The first kappa shape index (κ1) is 19.4. The van der Waals surface area contributed by atoms with E-state index < -0.39 is 0 Å². The van der Waals surface area contributed by atoms with Crippen LogP contribution >= 0.6 is 0 Å². The van der Waals surface area contributed by atoms with Gasteiger partial charge < -0.3 is 4.52 Å². The van der Waals surface area contributed by atoms with Crippen LogP contribution in [0.4, 0.5) is 10.3 Å². The van der Waals surface area contributed by atoms with Gasteiger partial charge in [-0.3, -0.25) is 10.1 Å². The smallest absolute Gasteiger partial charge is 0.241 e. The van der Waals surface area contributed by atoms with Crippen LogP contribution in [0.3, 0.4) is 0 Å². The Balaban J connectivity index is 1.70. The highest BCUT2D eigenvalue weighted by Gasteiger charge is 2.22. The summed E-state index contributed by atoms with van der Waals surface area (Å²) in [5, 5.41) is 6.93. The Kier molecular flexibility index (Phi) is 5.34. The largest absolute Gasteiger partial charge is 0.337 e.